The summed E-state index contributed by atoms with van der Waals surface area (Å²) in [5, 5.41) is 4.43. The lowest BCUT2D eigenvalue weighted by atomic mass is 10.0. The first-order valence-corrected chi connectivity index (χ1v) is 8.37. The first-order chi connectivity index (χ1) is 9.38. The van der Waals surface area contributed by atoms with Crippen LogP contribution in [0.1, 0.15) is 90.5 Å². The maximum absolute atomic E-state index is 4.43. The van der Waals surface area contributed by atoms with Crippen molar-refractivity contribution < 1.29 is 0 Å². The molecule has 0 radical (unpaired) electrons. The molecule has 2 nitrogen and oxygen atoms in total. The van der Waals surface area contributed by atoms with Gasteiger partial charge in [-0.15, -0.1) is 17.0 Å². The van der Waals surface area contributed by atoms with Crippen LogP contribution in [0.5, 0.6) is 0 Å². The summed E-state index contributed by atoms with van der Waals surface area (Å²) in [5.41, 5.74) is 0. The van der Waals surface area contributed by atoms with Crippen LogP contribution < -0.4 is 0 Å². The highest BCUT2D eigenvalue weighted by molar-refractivity contribution is 8.93. The second-order valence-corrected chi connectivity index (χ2v) is 5.69. The Bertz CT molecular complexity index is 285. The lowest BCUT2D eigenvalue weighted by molar-refractivity contribution is 0.371. The van der Waals surface area contributed by atoms with Gasteiger partial charge in [-0.3, -0.25) is 4.68 Å². The van der Waals surface area contributed by atoms with Gasteiger partial charge in [0, 0.05) is 12.4 Å². The Morgan fingerprint density at radius 1 is 0.850 bits per heavy atom. The average molecular weight is 345 g/mol. The lowest BCUT2D eigenvalue weighted by Crippen LogP contribution is -2.09. The number of aromatic nitrogens is 2. The van der Waals surface area contributed by atoms with Gasteiger partial charge in [-0.25, -0.2) is 0 Å². The van der Waals surface area contributed by atoms with Gasteiger partial charge in [0.1, 0.15) is 0 Å². The van der Waals surface area contributed by atoms with E-state index in [9.17, 15) is 0 Å². The van der Waals surface area contributed by atoms with Crippen LogP contribution in [0.2, 0.25) is 0 Å². The Morgan fingerprint density at radius 3 is 2.05 bits per heavy atom. The Kier molecular flexibility index (Phi) is 13.5. The molecule has 0 saturated heterocycles. The van der Waals surface area contributed by atoms with Crippen LogP contribution in [0.4, 0.5) is 0 Å². The summed E-state index contributed by atoms with van der Waals surface area (Å²) >= 11 is 0. The Labute approximate surface area is 136 Å². The van der Waals surface area contributed by atoms with Crippen LogP contribution in [-0.2, 0) is 0 Å². The second-order valence-electron chi connectivity index (χ2n) is 5.69. The minimum atomic E-state index is 0. The van der Waals surface area contributed by atoms with Crippen LogP contribution in [-0.4, -0.2) is 9.78 Å². The van der Waals surface area contributed by atoms with Gasteiger partial charge >= 0.3 is 0 Å². The van der Waals surface area contributed by atoms with Crippen LogP contribution in [0.25, 0.3) is 0 Å². The summed E-state index contributed by atoms with van der Waals surface area (Å²) in [7, 11) is 0. The molecule has 0 bridgehead atoms. The molecule has 0 aliphatic carbocycles. The van der Waals surface area contributed by atoms with Crippen molar-refractivity contribution in [2.45, 2.75) is 90.5 Å². The molecule has 0 spiro atoms. The Hall–Kier alpha value is -0.310. The number of hydrogen-bond acceptors (Lipinski definition) is 1. The fourth-order valence-corrected chi connectivity index (χ4v) is 2.68. The van der Waals surface area contributed by atoms with E-state index in [2.05, 4.69) is 29.8 Å². The Balaban J connectivity index is 0.00000361. The maximum atomic E-state index is 4.43. The number of hydrogen-bond donors (Lipinski definition) is 0. The smallest absolute Gasteiger partial charge is 0.0519 e. The predicted molar refractivity (Wildman–Crippen MR) is 93.7 cm³/mol. The first-order valence-electron chi connectivity index (χ1n) is 8.37. The molecule has 0 N–H and O–H groups in total. The van der Waals surface area contributed by atoms with E-state index < -0.39 is 0 Å². The monoisotopic (exact) mass is 344 g/mol. The molecule has 1 heterocycles. The van der Waals surface area contributed by atoms with Gasteiger partial charge < -0.3 is 0 Å². The molecule has 0 aliphatic rings. The number of halogens is 1. The molecule has 1 aromatic heterocycles. The van der Waals surface area contributed by atoms with Gasteiger partial charge in [0.15, 0.2) is 0 Å². The minimum absolute atomic E-state index is 0. The maximum Gasteiger partial charge on any atom is 0.0519 e. The summed E-state index contributed by atoms with van der Waals surface area (Å²) in [4.78, 5) is 0. The predicted octanol–water partition coefficient (Wildman–Crippen LogP) is 6.33. The van der Waals surface area contributed by atoms with Gasteiger partial charge in [0.05, 0.1) is 6.04 Å². The zero-order valence-corrected chi connectivity index (χ0v) is 15.1. The highest BCUT2D eigenvalue weighted by atomic mass is 79.9. The molecular formula is C17H33BrN2. The largest absolute Gasteiger partial charge is 0.270 e. The minimum Gasteiger partial charge on any atom is -0.270 e. The summed E-state index contributed by atoms with van der Waals surface area (Å²) in [6.45, 7) is 4.55. The van der Waals surface area contributed by atoms with Gasteiger partial charge in [-0.2, -0.15) is 5.10 Å². The molecule has 1 aromatic rings. The topological polar surface area (TPSA) is 17.8 Å². The summed E-state index contributed by atoms with van der Waals surface area (Å²) in [5.74, 6) is 0. The van der Waals surface area contributed by atoms with Crippen molar-refractivity contribution in [3.63, 3.8) is 0 Å². The average Bonchev–Trinajstić information content (AvgIpc) is 2.95. The van der Waals surface area contributed by atoms with E-state index in [4.69, 9.17) is 0 Å². The van der Waals surface area contributed by atoms with E-state index in [0.717, 1.165) is 0 Å². The van der Waals surface area contributed by atoms with Crippen LogP contribution in [0.15, 0.2) is 18.5 Å². The van der Waals surface area contributed by atoms with Crippen molar-refractivity contribution in [2.24, 2.45) is 0 Å². The van der Waals surface area contributed by atoms with Crippen molar-refractivity contribution in [3.05, 3.63) is 18.5 Å². The highest BCUT2D eigenvalue weighted by Crippen LogP contribution is 2.21. The van der Waals surface area contributed by atoms with Crippen LogP contribution >= 0.6 is 17.0 Å². The third-order valence-corrected chi connectivity index (χ3v) is 3.93. The van der Waals surface area contributed by atoms with Crippen LogP contribution in [0, 0.1) is 0 Å². The van der Waals surface area contributed by atoms with Crippen molar-refractivity contribution in [2.75, 3.05) is 0 Å². The molecule has 118 valence electrons. The molecule has 0 aromatic carbocycles. The van der Waals surface area contributed by atoms with E-state index in [-0.39, 0.29) is 17.0 Å². The standard InChI is InChI=1S/C17H32N2.BrH/c1-3-5-7-8-9-10-11-14-17(13-6-4-2)19-16-12-15-18-19;/h12,15-17H,3-11,13-14H2,1-2H3;1H. The summed E-state index contributed by atoms with van der Waals surface area (Å²) in [6.07, 6.45) is 19.0. The molecule has 0 fully saturated rings. The van der Waals surface area contributed by atoms with Crippen molar-refractivity contribution >= 4 is 17.0 Å². The molecule has 1 rings (SSSR count). The van der Waals surface area contributed by atoms with E-state index >= 15 is 0 Å². The molecule has 1 atom stereocenters. The first kappa shape index (κ1) is 19.7. The molecule has 0 amide bonds. The van der Waals surface area contributed by atoms with Gasteiger partial charge in [-0.05, 0) is 18.9 Å². The fraction of sp³-hybridized carbons (Fsp3) is 0.824. The van der Waals surface area contributed by atoms with Gasteiger partial charge in [-0.1, -0.05) is 71.6 Å². The highest BCUT2D eigenvalue weighted by Gasteiger charge is 2.09. The van der Waals surface area contributed by atoms with Crippen molar-refractivity contribution in [1.29, 1.82) is 0 Å². The third-order valence-electron chi connectivity index (χ3n) is 3.93. The van der Waals surface area contributed by atoms with E-state index in [1.165, 1.54) is 70.6 Å². The molecule has 3 heteroatoms. The van der Waals surface area contributed by atoms with E-state index in [0.29, 0.717) is 6.04 Å². The lowest BCUT2D eigenvalue weighted by Gasteiger charge is -2.17. The molecule has 20 heavy (non-hydrogen) atoms. The zero-order valence-electron chi connectivity index (χ0n) is 13.4. The number of rotatable bonds is 12. The van der Waals surface area contributed by atoms with E-state index in [1.807, 2.05) is 12.3 Å². The zero-order chi connectivity index (χ0) is 13.8. The molecule has 0 aliphatic heterocycles. The quantitative estimate of drug-likeness (QED) is 0.405. The SMILES string of the molecule is Br.CCCCCCCCCC(CCCC)n1cccn1. The summed E-state index contributed by atoms with van der Waals surface area (Å²) < 4.78 is 2.17. The van der Waals surface area contributed by atoms with E-state index in [1.54, 1.807) is 0 Å². The summed E-state index contributed by atoms with van der Waals surface area (Å²) in [6, 6.07) is 2.68. The van der Waals surface area contributed by atoms with Gasteiger partial charge in [0.25, 0.3) is 0 Å². The number of unbranched alkanes of at least 4 members (excludes halogenated alkanes) is 7. The molecule has 0 saturated carbocycles. The van der Waals surface area contributed by atoms with Crippen molar-refractivity contribution in [1.82, 2.24) is 9.78 Å². The normalized spacial score (nSPS) is 12.1. The number of nitrogens with zero attached hydrogens (tertiary/aromatic N) is 2. The van der Waals surface area contributed by atoms with Gasteiger partial charge in [0.2, 0.25) is 0 Å². The molecular weight excluding hydrogens is 312 g/mol. The van der Waals surface area contributed by atoms with Crippen LogP contribution in [0.3, 0.4) is 0 Å². The molecule has 1 unspecified atom stereocenters. The fourth-order valence-electron chi connectivity index (χ4n) is 2.68. The second kappa shape index (κ2) is 13.7. The van der Waals surface area contributed by atoms with Crippen molar-refractivity contribution in [3.8, 4) is 0 Å². The Morgan fingerprint density at radius 2 is 1.45 bits per heavy atom. The third kappa shape index (κ3) is 8.78.